The minimum absolute atomic E-state index is 0.0959. The number of nitrogens with one attached hydrogen (secondary N) is 2. The second-order valence-electron chi connectivity index (χ2n) is 7.88. The summed E-state index contributed by atoms with van der Waals surface area (Å²) in [5, 5.41) is 7.02. The Kier molecular flexibility index (Phi) is 6.02. The molecule has 10 heteroatoms. The van der Waals surface area contributed by atoms with Crippen molar-refractivity contribution in [2.45, 2.75) is 32.4 Å². The number of carbonyl (C=O) groups excluding carboxylic acids is 2. The number of pyridine rings is 1. The van der Waals surface area contributed by atoms with Gasteiger partial charge in [0, 0.05) is 55.8 Å². The molecule has 0 saturated carbocycles. The second kappa shape index (κ2) is 9.04. The van der Waals surface area contributed by atoms with Crippen LogP contribution in [0.25, 0.3) is 10.9 Å². The van der Waals surface area contributed by atoms with Gasteiger partial charge in [0.25, 0.3) is 5.91 Å². The van der Waals surface area contributed by atoms with Gasteiger partial charge in [-0.05, 0) is 24.5 Å². The van der Waals surface area contributed by atoms with Crippen LogP contribution in [0.2, 0.25) is 0 Å². The summed E-state index contributed by atoms with van der Waals surface area (Å²) in [4.78, 5) is 38.5. The summed E-state index contributed by atoms with van der Waals surface area (Å²) >= 11 is 0. The monoisotopic (exact) mass is 434 g/mol. The number of likely N-dealkylation sites (tertiary alicyclic amines) is 1. The maximum absolute atomic E-state index is 12.6. The molecule has 0 aliphatic carbocycles. The number of rotatable bonds is 5. The molecule has 1 aromatic carbocycles. The number of nitrogen functional groups attached to an aromatic ring is 2. The fourth-order valence-corrected chi connectivity index (χ4v) is 3.81. The Morgan fingerprint density at radius 3 is 2.66 bits per heavy atom. The van der Waals surface area contributed by atoms with Crippen LogP contribution in [-0.4, -0.2) is 50.8 Å². The third-order valence-electron chi connectivity index (χ3n) is 5.57. The van der Waals surface area contributed by atoms with Crippen molar-refractivity contribution in [3.05, 3.63) is 47.9 Å². The molecule has 2 aromatic heterocycles. The number of carbonyl (C=O) groups is 2. The van der Waals surface area contributed by atoms with Crippen LogP contribution in [0.1, 0.15) is 35.8 Å². The smallest absolute Gasteiger partial charge is 0.270 e. The first kappa shape index (κ1) is 21.3. The highest BCUT2D eigenvalue weighted by Crippen LogP contribution is 2.22. The molecular weight excluding hydrogens is 408 g/mol. The maximum atomic E-state index is 12.6. The highest BCUT2D eigenvalue weighted by atomic mass is 16.2. The first-order valence-corrected chi connectivity index (χ1v) is 10.5. The van der Waals surface area contributed by atoms with E-state index in [0.717, 1.165) is 23.8 Å². The SMILES string of the molecule is CC(=O)N1CCC(Nc2cc(C(=O)NCc3ccc4c(N)cc(N)nc4c3)ncn2)CC1. The molecule has 1 aliphatic rings. The van der Waals surface area contributed by atoms with E-state index in [9.17, 15) is 9.59 Å². The van der Waals surface area contributed by atoms with Crippen molar-refractivity contribution >= 4 is 40.0 Å². The Balaban J connectivity index is 1.37. The van der Waals surface area contributed by atoms with Crippen molar-refractivity contribution in [3.8, 4) is 0 Å². The Morgan fingerprint density at radius 1 is 1.12 bits per heavy atom. The number of piperidine rings is 1. The van der Waals surface area contributed by atoms with Gasteiger partial charge in [0.15, 0.2) is 0 Å². The zero-order valence-electron chi connectivity index (χ0n) is 17.8. The van der Waals surface area contributed by atoms with Gasteiger partial charge in [-0.25, -0.2) is 15.0 Å². The topological polar surface area (TPSA) is 152 Å². The number of anilines is 3. The molecule has 4 rings (SSSR count). The van der Waals surface area contributed by atoms with Crippen molar-refractivity contribution in [1.82, 2.24) is 25.2 Å². The molecule has 32 heavy (non-hydrogen) atoms. The van der Waals surface area contributed by atoms with Gasteiger partial charge >= 0.3 is 0 Å². The summed E-state index contributed by atoms with van der Waals surface area (Å²) in [6, 6.07) is 9.05. The molecule has 166 valence electrons. The summed E-state index contributed by atoms with van der Waals surface area (Å²) in [5.41, 5.74) is 14.1. The van der Waals surface area contributed by atoms with Gasteiger partial charge in [-0.3, -0.25) is 9.59 Å². The summed E-state index contributed by atoms with van der Waals surface area (Å²) in [5.74, 6) is 0.733. The number of nitrogens with zero attached hydrogens (tertiary/aromatic N) is 4. The zero-order valence-corrected chi connectivity index (χ0v) is 17.8. The fraction of sp³-hybridized carbons (Fsp3) is 0.318. The largest absolute Gasteiger partial charge is 0.398 e. The van der Waals surface area contributed by atoms with Gasteiger partial charge in [-0.1, -0.05) is 12.1 Å². The van der Waals surface area contributed by atoms with Gasteiger partial charge in [0.1, 0.15) is 23.7 Å². The average molecular weight is 435 g/mol. The van der Waals surface area contributed by atoms with Crippen molar-refractivity contribution < 1.29 is 9.59 Å². The molecule has 0 radical (unpaired) electrons. The summed E-state index contributed by atoms with van der Waals surface area (Å²) < 4.78 is 0. The van der Waals surface area contributed by atoms with Crippen LogP contribution in [0.15, 0.2) is 36.7 Å². The molecule has 3 heterocycles. The lowest BCUT2D eigenvalue weighted by molar-refractivity contribution is -0.129. The van der Waals surface area contributed by atoms with E-state index < -0.39 is 0 Å². The van der Waals surface area contributed by atoms with Crippen LogP contribution in [0, 0.1) is 0 Å². The molecule has 3 aromatic rings. The third kappa shape index (κ3) is 4.85. The predicted octanol–water partition coefficient (Wildman–Crippen LogP) is 1.54. The molecule has 0 bridgehead atoms. The van der Waals surface area contributed by atoms with E-state index in [-0.39, 0.29) is 23.6 Å². The molecule has 6 N–H and O–H groups in total. The number of hydrogen-bond acceptors (Lipinski definition) is 8. The van der Waals surface area contributed by atoms with E-state index in [1.165, 1.54) is 6.33 Å². The fourth-order valence-electron chi connectivity index (χ4n) is 3.81. The lowest BCUT2D eigenvalue weighted by Crippen LogP contribution is -2.41. The van der Waals surface area contributed by atoms with Crippen LogP contribution in [0.3, 0.4) is 0 Å². The van der Waals surface area contributed by atoms with Crippen LogP contribution >= 0.6 is 0 Å². The van der Waals surface area contributed by atoms with Gasteiger partial charge < -0.3 is 27.0 Å². The number of fused-ring (bicyclic) bond motifs is 1. The normalized spacial score (nSPS) is 14.3. The first-order chi connectivity index (χ1) is 15.4. The summed E-state index contributed by atoms with van der Waals surface area (Å²) in [6.45, 7) is 3.32. The Hall–Kier alpha value is -3.95. The highest BCUT2D eigenvalue weighted by Gasteiger charge is 2.21. The van der Waals surface area contributed by atoms with E-state index in [1.54, 1.807) is 19.1 Å². The third-order valence-corrected chi connectivity index (χ3v) is 5.57. The lowest BCUT2D eigenvalue weighted by Gasteiger charge is -2.31. The number of amides is 2. The van der Waals surface area contributed by atoms with E-state index in [4.69, 9.17) is 11.5 Å². The Bertz CT molecular complexity index is 1160. The minimum Gasteiger partial charge on any atom is -0.398 e. The van der Waals surface area contributed by atoms with Crippen LogP contribution in [0.4, 0.5) is 17.3 Å². The maximum Gasteiger partial charge on any atom is 0.270 e. The molecule has 10 nitrogen and oxygen atoms in total. The van der Waals surface area contributed by atoms with Gasteiger partial charge in [-0.15, -0.1) is 0 Å². The molecule has 0 unspecified atom stereocenters. The number of hydrogen-bond donors (Lipinski definition) is 4. The summed E-state index contributed by atoms with van der Waals surface area (Å²) in [7, 11) is 0. The van der Waals surface area contributed by atoms with Crippen molar-refractivity contribution in [3.63, 3.8) is 0 Å². The summed E-state index contributed by atoms with van der Waals surface area (Å²) in [6.07, 6.45) is 3.03. The molecular formula is C22H26N8O2. The Labute approximate surface area is 185 Å². The van der Waals surface area contributed by atoms with Crippen LogP contribution in [-0.2, 0) is 11.3 Å². The predicted molar refractivity (Wildman–Crippen MR) is 123 cm³/mol. The molecule has 0 spiro atoms. The van der Waals surface area contributed by atoms with E-state index in [2.05, 4.69) is 25.6 Å². The van der Waals surface area contributed by atoms with Crippen LogP contribution < -0.4 is 22.1 Å². The zero-order chi connectivity index (χ0) is 22.7. The van der Waals surface area contributed by atoms with Gasteiger partial charge in [-0.2, -0.15) is 0 Å². The van der Waals surface area contributed by atoms with Crippen LogP contribution in [0.5, 0.6) is 0 Å². The molecule has 2 amide bonds. The standard InChI is InChI=1S/C22H26N8O2/c1-13(31)30-6-4-15(5-7-30)28-21-10-19(26-12-27-21)22(32)25-11-14-2-3-16-17(23)9-20(24)29-18(16)8-14/h2-3,8-10,12,15H,4-7,11H2,1H3,(H,25,32)(H4,23,24,29)(H,26,27,28). The number of benzene rings is 1. The van der Waals surface area contributed by atoms with E-state index >= 15 is 0 Å². The van der Waals surface area contributed by atoms with E-state index in [1.807, 2.05) is 23.1 Å². The Morgan fingerprint density at radius 2 is 1.91 bits per heavy atom. The molecule has 0 atom stereocenters. The number of aromatic nitrogens is 3. The van der Waals surface area contributed by atoms with Crippen molar-refractivity contribution in [1.29, 1.82) is 0 Å². The number of nitrogens with two attached hydrogens (primary N) is 2. The highest BCUT2D eigenvalue weighted by molar-refractivity contribution is 5.93. The van der Waals surface area contributed by atoms with Gasteiger partial charge in [0.05, 0.1) is 5.52 Å². The average Bonchev–Trinajstić information content (AvgIpc) is 2.77. The van der Waals surface area contributed by atoms with Crippen molar-refractivity contribution in [2.75, 3.05) is 29.9 Å². The lowest BCUT2D eigenvalue weighted by atomic mass is 10.1. The minimum atomic E-state index is -0.304. The molecule has 1 saturated heterocycles. The van der Waals surface area contributed by atoms with Crippen molar-refractivity contribution in [2.24, 2.45) is 0 Å². The van der Waals surface area contributed by atoms with E-state index in [0.29, 0.717) is 42.5 Å². The molecule has 1 fully saturated rings. The van der Waals surface area contributed by atoms with Gasteiger partial charge in [0.2, 0.25) is 5.91 Å². The second-order valence-corrected chi connectivity index (χ2v) is 7.88. The quantitative estimate of drug-likeness (QED) is 0.472. The first-order valence-electron chi connectivity index (χ1n) is 10.5. The molecule has 1 aliphatic heterocycles.